The number of rotatable bonds is 5. The van der Waals surface area contributed by atoms with E-state index in [1.165, 1.54) is 4.68 Å². The number of benzene rings is 2. The van der Waals surface area contributed by atoms with Crippen LogP contribution >= 0.6 is 0 Å². The van der Waals surface area contributed by atoms with Crippen molar-refractivity contribution >= 4 is 39.2 Å². The molecular weight excluding hydrogens is 530 g/mol. The minimum absolute atomic E-state index is 0.0500. The standard InChI is InChI=1S/C31H25N9O2/c1-19(36-30(41)26-27-22(9-7-15-33-27)17-34-28(26)32)29-37-24-12-6-8-21(14-13-20-16-35-39(2)18-20)25(24)31(42)40(29)38-23-10-4-3-5-11-23/h3-12,15-19,38H,1-2H3,(H2,32,34)(H,36,41)/t19-/m0/s1. The summed E-state index contributed by atoms with van der Waals surface area (Å²) < 4.78 is 2.99. The molecule has 4 heterocycles. The van der Waals surface area contributed by atoms with Gasteiger partial charge in [0.15, 0.2) is 5.82 Å². The van der Waals surface area contributed by atoms with Crippen LogP contribution in [0.1, 0.15) is 40.3 Å². The number of anilines is 2. The van der Waals surface area contributed by atoms with Crippen molar-refractivity contribution in [1.29, 1.82) is 0 Å². The summed E-state index contributed by atoms with van der Waals surface area (Å²) in [6.07, 6.45) is 6.60. The summed E-state index contributed by atoms with van der Waals surface area (Å²) in [4.78, 5) is 41.0. The number of carbonyl (C=O) groups excluding carboxylic acids is 1. The molecule has 11 heteroatoms. The fourth-order valence-corrected chi connectivity index (χ4v) is 4.63. The summed E-state index contributed by atoms with van der Waals surface area (Å²) in [5.41, 5.74) is 11.8. The van der Waals surface area contributed by atoms with Crippen molar-refractivity contribution in [1.82, 2.24) is 34.7 Å². The molecule has 2 aromatic carbocycles. The van der Waals surface area contributed by atoms with Crippen LogP contribution in [0.25, 0.3) is 21.8 Å². The maximum atomic E-state index is 14.1. The van der Waals surface area contributed by atoms with Crippen molar-refractivity contribution in [3.63, 3.8) is 0 Å². The molecule has 0 unspecified atom stereocenters. The van der Waals surface area contributed by atoms with Crippen LogP contribution in [0.4, 0.5) is 11.5 Å². The fourth-order valence-electron chi connectivity index (χ4n) is 4.63. The van der Waals surface area contributed by atoms with Gasteiger partial charge in [-0.25, -0.2) is 14.6 Å². The van der Waals surface area contributed by atoms with Crippen molar-refractivity contribution in [3.05, 3.63) is 118 Å². The summed E-state index contributed by atoms with van der Waals surface area (Å²) in [5, 5.41) is 8.09. The molecule has 0 aliphatic carbocycles. The highest BCUT2D eigenvalue weighted by atomic mass is 16.2. The van der Waals surface area contributed by atoms with Gasteiger partial charge in [0, 0.05) is 36.6 Å². The molecule has 1 amide bonds. The first-order valence-electron chi connectivity index (χ1n) is 13.1. The maximum absolute atomic E-state index is 14.1. The van der Waals surface area contributed by atoms with Crippen molar-refractivity contribution in [2.24, 2.45) is 7.05 Å². The van der Waals surface area contributed by atoms with Gasteiger partial charge in [0.25, 0.3) is 11.5 Å². The first-order chi connectivity index (χ1) is 20.4. The molecule has 11 nitrogen and oxygen atoms in total. The Balaban J connectivity index is 1.45. The molecule has 42 heavy (non-hydrogen) atoms. The SMILES string of the molecule is C[C@H](NC(=O)c1c(N)ncc2cccnc12)c1nc2cccc(C#Cc3cnn(C)c3)c2c(=O)n1Nc1ccccc1. The van der Waals surface area contributed by atoms with Crippen LogP contribution in [0.5, 0.6) is 0 Å². The van der Waals surface area contributed by atoms with Gasteiger partial charge in [0.2, 0.25) is 0 Å². The van der Waals surface area contributed by atoms with Crippen LogP contribution < -0.4 is 22.0 Å². The van der Waals surface area contributed by atoms with E-state index in [2.05, 4.69) is 37.7 Å². The molecule has 0 aliphatic rings. The monoisotopic (exact) mass is 555 g/mol. The summed E-state index contributed by atoms with van der Waals surface area (Å²) >= 11 is 0. The normalized spacial score (nSPS) is 11.6. The molecule has 0 saturated carbocycles. The largest absolute Gasteiger partial charge is 0.383 e. The summed E-state index contributed by atoms with van der Waals surface area (Å²) in [7, 11) is 1.81. The smallest absolute Gasteiger partial charge is 0.281 e. The average molecular weight is 556 g/mol. The second-order valence-electron chi connectivity index (χ2n) is 9.60. The Labute approximate surface area is 240 Å². The Morgan fingerprint density at radius 2 is 1.83 bits per heavy atom. The fraction of sp³-hybridized carbons (Fsp3) is 0.0968. The van der Waals surface area contributed by atoms with Crippen molar-refractivity contribution in [2.75, 3.05) is 11.2 Å². The second kappa shape index (κ2) is 10.9. The predicted octanol–water partition coefficient (Wildman–Crippen LogP) is 3.42. The molecule has 6 aromatic rings. The topological polar surface area (TPSA) is 146 Å². The minimum Gasteiger partial charge on any atom is -0.383 e. The average Bonchev–Trinajstić information content (AvgIpc) is 3.42. The molecule has 206 valence electrons. The first-order valence-corrected chi connectivity index (χ1v) is 13.1. The van der Waals surface area contributed by atoms with Gasteiger partial charge in [0.1, 0.15) is 11.4 Å². The van der Waals surface area contributed by atoms with Gasteiger partial charge < -0.3 is 11.1 Å². The molecule has 0 aliphatic heterocycles. The number of nitrogens with two attached hydrogens (primary N) is 1. The van der Waals surface area contributed by atoms with E-state index >= 15 is 0 Å². The molecule has 4 aromatic heterocycles. The van der Waals surface area contributed by atoms with Gasteiger partial charge in [-0.05, 0) is 43.3 Å². The number of nitrogens with zero attached hydrogens (tertiary/aromatic N) is 6. The highest BCUT2D eigenvalue weighted by Gasteiger charge is 2.23. The number of nitrogens with one attached hydrogen (secondary N) is 2. The molecule has 6 rings (SSSR count). The number of amides is 1. The third kappa shape index (κ3) is 5.00. The lowest BCUT2D eigenvalue weighted by atomic mass is 10.1. The molecular formula is C31H25N9O2. The lowest BCUT2D eigenvalue weighted by Crippen LogP contribution is -2.37. The third-order valence-electron chi connectivity index (χ3n) is 6.62. The van der Waals surface area contributed by atoms with Gasteiger partial charge in [0.05, 0.1) is 39.9 Å². The lowest BCUT2D eigenvalue weighted by molar-refractivity contribution is 0.0940. The van der Waals surface area contributed by atoms with Gasteiger partial charge in [-0.3, -0.25) is 24.7 Å². The number of carbonyl (C=O) groups is 1. The van der Waals surface area contributed by atoms with Gasteiger partial charge in [-0.2, -0.15) is 5.10 Å². The molecule has 4 N–H and O–H groups in total. The highest BCUT2D eigenvalue weighted by Crippen LogP contribution is 2.22. The van der Waals surface area contributed by atoms with Crippen LogP contribution in [-0.4, -0.2) is 35.3 Å². The molecule has 0 radical (unpaired) electrons. The number of hydrogen-bond donors (Lipinski definition) is 3. The number of nitrogen functional groups attached to an aromatic ring is 1. The van der Waals surface area contributed by atoms with Crippen LogP contribution in [0.15, 0.2) is 90.2 Å². The second-order valence-corrected chi connectivity index (χ2v) is 9.60. The van der Waals surface area contributed by atoms with E-state index < -0.39 is 11.9 Å². The number of pyridine rings is 2. The van der Waals surface area contributed by atoms with E-state index in [9.17, 15) is 9.59 Å². The van der Waals surface area contributed by atoms with E-state index in [0.717, 1.165) is 5.56 Å². The van der Waals surface area contributed by atoms with Crippen molar-refractivity contribution in [3.8, 4) is 11.8 Å². The van der Waals surface area contributed by atoms with Crippen LogP contribution in [0, 0.1) is 11.8 Å². The number of para-hydroxylation sites is 1. The highest BCUT2D eigenvalue weighted by molar-refractivity contribution is 6.09. The lowest BCUT2D eigenvalue weighted by Gasteiger charge is -2.21. The molecule has 0 fully saturated rings. The number of aryl methyl sites for hydroxylation is 1. The third-order valence-corrected chi connectivity index (χ3v) is 6.62. The molecule has 0 spiro atoms. The van der Waals surface area contributed by atoms with Crippen LogP contribution in [0.2, 0.25) is 0 Å². The van der Waals surface area contributed by atoms with Crippen LogP contribution in [-0.2, 0) is 7.05 Å². The van der Waals surface area contributed by atoms with Crippen LogP contribution in [0.3, 0.4) is 0 Å². The predicted molar refractivity (Wildman–Crippen MR) is 160 cm³/mol. The number of fused-ring (bicyclic) bond motifs is 2. The number of hydrogen-bond acceptors (Lipinski definition) is 8. The zero-order valence-electron chi connectivity index (χ0n) is 22.7. The van der Waals surface area contributed by atoms with E-state index in [4.69, 9.17) is 10.7 Å². The quantitative estimate of drug-likeness (QED) is 0.274. The Morgan fingerprint density at radius 3 is 2.62 bits per heavy atom. The first kappa shape index (κ1) is 26.2. The zero-order chi connectivity index (χ0) is 29.2. The van der Waals surface area contributed by atoms with E-state index in [1.54, 1.807) is 66.7 Å². The zero-order valence-corrected chi connectivity index (χ0v) is 22.7. The van der Waals surface area contributed by atoms with Gasteiger partial charge in [-0.1, -0.05) is 36.1 Å². The van der Waals surface area contributed by atoms with E-state index in [1.807, 2.05) is 37.4 Å². The molecule has 1 atom stereocenters. The maximum Gasteiger partial charge on any atom is 0.281 e. The molecule has 0 saturated heterocycles. The van der Waals surface area contributed by atoms with E-state index in [0.29, 0.717) is 33.1 Å². The van der Waals surface area contributed by atoms with Crippen molar-refractivity contribution < 1.29 is 4.79 Å². The Hall–Kier alpha value is -6.02. The van der Waals surface area contributed by atoms with Crippen molar-refractivity contribution in [2.45, 2.75) is 13.0 Å². The van der Waals surface area contributed by atoms with E-state index in [-0.39, 0.29) is 22.8 Å². The van der Waals surface area contributed by atoms with Gasteiger partial charge >= 0.3 is 0 Å². The number of aromatic nitrogens is 6. The summed E-state index contributed by atoms with van der Waals surface area (Å²) in [5.74, 6) is 5.99. The Morgan fingerprint density at radius 1 is 1.00 bits per heavy atom. The summed E-state index contributed by atoms with van der Waals surface area (Å²) in [6, 6.07) is 17.4. The Kier molecular flexibility index (Phi) is 6.78. The van der Waals surface area contributed by atoms with Gasteiger partial charge in [-0.15, -0.1) is 0 Å². The molecule has 0 bridgehead atoms. The minimum atomic E-state index is -0.727. The Bertz CT molecular complexity index is 2090. The summed E-state index contributed by atoms with van der Waals surface area (Å²) in [6.45, 7) is 1.74.